The topological polar surface area (TPSA) is 164 Å². The number of anilines is 1. The van der Waals surface area contributed by atoms with Crippen LogP contribution in [0, 0.1) is 39.9 Å². The van der Waals surface area contributed by atoms with Crippen molar-refractivity contribution >= 4 is 29.5 Å². The van der Waals surface area contributed by atoms with Crippen molar-refractivity contribution in [3.05, 3.63) is 71.6 Å². The molecule has 3 rings (SSSR count). The predicted molar refractivity (Wildman–Crippen MR) is 216 cm³/mol. The molecule has 56 heavy (non-hydrogen) atoms. The van der Waals surface area contributed by atoms with E-state index >= 15 is 0 Å². The Morgan fingerprint density at radius 1 is 0.714 bits per heavy atom. The largest absolute Gasteiger partial charge is 0.480 e. The second-order valence-corrected chi connectivity index (χ2v) is 14.8. The average molecular weight is 921 g/mol. The van der Waals surface area contributed by atoms with Crippen LogP contribution in [-0.4, -0.2) is 104 Å². The van der Waals surface area contributed by atoms with Crippen molar-refractivity contribution in [3.8, 4) is 0 Å². The molecular formula is C43H65GdN5O7. The van der Waals surface area contributed by atoms with Crippen LogP contribution in [0.2, 0.25) is 0 Å². The first-order chi connectivity index (χ1) is 26.6. The molecule has 0 saturated carbocycles. The standard InChI is InChI=1S/C43H65N5O7.Gd/c1-2-3-4-5-6-7-8-9-10-11-12-13-14-15-16-20-40(49)45-36-24-21-35(22-25-36)23-26-39(43(54)55)48-29-27-46(33-41(50)51)31-37-18-17-19-38(44-37)32-47(28-30-48)34-42(52)53;/h9-10,17-19,21-22,24-25,39H,2-8,11-16,20,23,26-34H2,1H3,(H,45,49)(H,50,51)(H,52,53)(H,54,55);/b10-9-;. The third-order valence-electron chi connectivity index (χ3n) is 10.1. The van der Waals surface area contributed by atoms with Gasteiger partial charge in [-0.2, -0.15) is 0 Å². The van der Waals surface area contributed by atoms with Gasteiger partial charge in [0.2, 0.25) is 5.91 Å². The van der Waals surface area contributed by atoms with Gasteiger partial charge in [0.1, 0.15) is 6.04 Å². The van der Waals surface area contributed by atoms with E-state index in [2.05, 4.69) is 29.4 Å². The second kappa shape index (κ2) is 29.4. The molecule has 0 saturated heterocycles. The van der Waals surface area contributed by atoms with Crippen LogP contribution < -0.4 is 5.32 Å². The maximum atomic E-state index is 12.7. The van der Waals surface area contributed by atoms with Gasteiger partial charge in [-0.1, -0.05) is 88.6 Å². The van der Waals surface area contributed by atoms with Crippen LogP contribution in [0.25, 0.3) is 0 Å². The normalized spacial score (nSPS) is 15.0. The Balaban J connectivity index is 0.0000108. The number of aromatic nitrogens is 1. The summed E-state index contributed by atoms with van der Waals surface area (Å²) < 4.78 is 0. The van der Waals surface area contributed by atoms with Crippen molar-refractivity contribution < 1.29 is 74.4 Å². The third kappa shape index (κ3) is 21.6. The van der Waals surface area contributed by atoms with Crippen molar-refractivity contribution in [1.29, 1.82) is 0 Å². The number of allylic oxidation sites excluding steroid dienone is 2. The minimum atomic E-state index is -0.993. The quantitative estimate of drug-likeness (QED) is 0.0587. The van der Waals surface area contributed by atoms with Crippen LogP contribution in [0.4, 0.5) is 5.69 Å². The fourth-order valence-corrected chi connectivity index (χ4v) is 7.04. The molecule has 2 heterocycles. The summed E-state index contributed by atoms with van der Waals surface area (Å²) in [6.07, 6.45) is 21.7. The summed E-state index contributed by atoms with van der Waals surface area (Å²) in [4.78, 5) is 58.5. The van der Waals surface area contributed by atoms with Crippen LogP contribution in [0.1, 0.15) is 120 Å². The molecule has 0 spiro atoms. The van der Waals surface area contributed by atoms with Crippen molar-refractivity contribution in [2.24, 2.45) is 0 Å². The fourth-order valence-electron chi connectivity index (χ4n) is 7.04. The molecular weight excluding hydrogens is 856 g/mol. The van der Waals surface area contributed by atoms with Crippen LogP contribution in [0.5, 0.6) is 0 Å². The summed E-state index contributed by atoms with van der Waals surface area (Å²) >= 11 is 0. The number of carbonyl (C=O) groups is 4. The Bertz CT molecular complexity index is 1430. The number of aliphatic carboxylic acids is 3. The zero-order valence-corrected chi connectivity index (χ0v) is 35.6. The van der Waals surface area contributed by atoms with E-state index in [0.717, 1.165) is 31.2 Å². The number of carboxylic acid groups (broad SMARTS) is 3. The predicted octanol–water partition coefficient (Wildman–Crippen LogP) is 7.23. The molecule has 1 atom stereocenters. The van der Waals surface area contributed by atoms with Crippen molar-refractivity contribution in [2.45, 2.75) is 129 Å². The molecule has 13 heteroatoms. The molecule has 312 valence electrons. The summed E-state index contributed by atoms with van der Waals surface area (Å²) in [5.74, 6) is -2.98. The van der Waals surface area contributed by atoms with Gasteiger partial charge in [0.05, 0.1) is 24.5 Å². The van der Waals surface area contributed by atoms with Gasteiger partial charge in [-0.3, -0.25) is 38.9 Å². The number of fused-ring (bicyclic) bond motifs is 2. The zero-order valence-electron chi connectivity index (χ0n) is 33.4. The monoisotopic (exact) mass is 921 g/mol. The third-order valence-corrected chi connectivity index (χ3v) is 10.1. The molecule has 2 aromatic rings. The van der Waals surface area contributed by atoms with Crippen LogP contribution >= 0.6 is 0 Å². The number of carbonyl (C=O) groups excluding carboxylic acids is 1. The van der Waals surface area contributed by atoms with E-state index in [0.29, 0.717) is 49.4 Å². The number of benzene rings is 1. The van der Waals surface area contributed by atoms with E-state index in [9.17, 15) is 34.5 Å². The first kappa shape index (κ1) is 49.3. The van der Waals surface area contributed by atoms with Crippen LogP contribution in [0.3, 0.4) is 0 Å². The van der Waals surface area contributed by atoms with Gasteiger partial charge >= 0.3 is 17.9 Å². The van der Waals surface area contributed by atoms with E-state index in [-0.39, 0.29) is 85.1 Å². The zero-order chi connectivity index (χ0) is 39.7. The van der Waals surface area contributed by atoms with Gasteiger partial charge in [-0.05, 0) is 74.8 Å². The van der Waals surface area contributed by atoms with E-state index in [1.165, 1.54) is 57.8 Å². The number of aryl methyl sites for hydroxylation is 1. The second-order valence-electron chi connectivity index (χ2n) is 14.8. The Hall–Kier alpha value is -2.81. The number of hydrogen-bond donors (Lipinski definition) is 4. The van der Waals surface area contributed by atoms with E-state index in [1.54, 1.807) is 21.9 Å². The average Bonchev–Trinajstić information content (AvgIpc) is 3.13. The number of rotatable bonds is 25. The van der Waals surface area contributed by atoms with Crippen molar-refractivity contribution in [3.63, 3.8) is 0 Å². The minimum Gasteiger partial charge on any atom is -0.480 e. The molecule has 1 aromatic carbocycles. The molecule has 0 radical (unpaired) electrons. The number of nitrogens with zero attached hydrogens (tertiary/aromatic N) is 4. The summed E-state index contributed by atoms with van der Waals surface area (Å²) in [6, 6.07) is 12.1. The molecule has 0 aliphatic carbocycles. The van der Waals surface area contributed by atoms with Gasteiger partial charge in [0, 0.05) is 91.3 Å². The number of pyridine rings is 1. The molecule has 0 fully saturated rings. The van der Waals surface area contributed by atoms with Gasteiger partial charge in [0.25, 0.3) is 0 Å². The van der Waals surface area contributed by atoms with Gasteiger partial charge < -0.3 is 20.6 Å². The maximum absolute atomic E-state index is 12.7. The Labute approximate surface area is 366 Å². The smallest absolute Gasteiger partial charge is 0.320 e. The molecule has 1 amide bonds. The Morgan fingerprint density at radius 2 is 1.23 bits per heavy atom. The summed E-state index contributed by atoms with van der Waals surface area (Å²) in [5.41, 5.74) is 2.97. The summed E-state index contributed by atoms with van der Waals surface area (Å²) in [6.45, 7) is 3.51. The molecule has 12 nitrogen and oxygen atoms in total. The van der Waals surface area contributed by atoms with Gasteiger partial charge in [-0.25, -0.2) is 0 Å². The van der Waals surface area contributed by atoms with Crippen molar-refractivity contribution in [2.75, 3.05) is 44.6 Å². The molecule has 1 aliphatic heterocycles. The molecule has 1 unspecified atom stereocenters. The summed E-state index contributed by atoms with van der Waals surface area (Å²) in [7, 11) is 0. The van der Waals surface area contributed by atoms with E-state index < -0.39 is 23.9 Å². The first-order valence-corrected chi connectivity index (χ1v) is 20.5. The number of hydrogen-bond acceptors (Lipinski definition) is 8. The molecule has 4 N–H and O–H groups in total. The SMILES string of the molecule is CCCCCCCC/C=C\CCCCCCCC(=O)Nc1ccc(CCC(C(=O)O)N2CCN(CC(=O)O)Cc3cccc(n3)CN(CC(=O)O)CC2)cc1.[Gd]. The van der Waals surface area contributed by atoms with Crippen LogP contribution in [0.15, 0.2) is 54.6 Å². The number of carboxylic acids is 3. The number of amides is 1. The number of unbranched alkanes of at least 4 members (excludes halogenated alkanes) is 11. The van der Waals surface area contributed by atoms with E-state index in [4.69, 9.17) is 0 Å². The first-order valence-electron chi connectivity index (χ1n) is 20.5. The molecule has 1 aromatic heterocycles. The Kier molecular flexibility index (Phi) is 25.9. The summed E-state index contributed by atoms with van der Waals surface area (Å²) in [5, 5.41) is 32.4. The Morgan fingerprint density at radius 3 is 1.75 bits per heavy atom. The minimum absolute atomic E-state index is 0. The molecule has 2 bridgehead atoms. The number of nitrogens with one attached hydrogen (secondary N) is 1. The van der Waals surface area contributed by atoms with Gasteiger partial charge in [0.15, 0.2) is 0 Å². The van der Waals surface area contributed by atoms with Crippen LogP contribution in [-0.2, 0) is 38.7 Å². The maximum Gasteiger partial charge on any atom is 0.320 e. The van der Waals surface area contributed by atoms with E-state index in [1.807, 2.05) is 35.2 Å². The van der Waals surface area contributed by atoms with Gasteiger partial charge in [-0.15, -0.1) is 0 Å². The fraction of sp³-hybridized carbons (Fsp3) is 0.605. The van der Waals surface area contributed by atoms with Crippen molar-refractivity contribution in [1.82, 2.24) is 19.7 Å². The molecule has 1 aliphatic rings.